The molecule has 0 spiro atoms. The minimum atomic E-state index is 0.201. The Bertz CT molecular complexity index is 1220. The molecule has 0 amide bonds. The quantitative estimate of drug-likeness (QED) is 0.430. The highest BCUT2D eigenvalue weighted by atomic mass is 35.5. The van der Waals surface area contributed by atoms with Crippen molar-refractivity contribution in [2.75, 3.05) is 42.3 Å². The fraction of sp³-hybridized carbons (Fsp3) is 0.190. The van der Waals surface area contributed by atoms with Crippen LogP contribution in [0.1, 0.15) is 0 Å². The number of nitrogen functional groups attached to an aromatic ring is 1. The van der Waals surface area contributed by atoms with Gasteiger partial charge in [0.2, 0.25) is 5.95 Å². The van der Waals surface area contributed by atoms with Crippen LogP contribution in [0.25, 0.3) is 10.9 Å². The molecule has 0 aliphatic carbocycles. The van der Waals surface area contributed by atoms with E-state index in [1.165, 1.54) is 0 Å². The number of benzene rings is 2. The van der Waals surface area contributed by atoms with Crippen LogP contribution in [0, 0.1) is 0 Å². The highest BCUT2D eigenvalue weighted by Crippen LogP contribution is 2.33. The van der Waals surface area contributed by atoms with E-state index in [1.807, 2.05) is 30.3 Å². The zero-order valence-corrected chi connectivity index (χ0v) is 17.3. The summed E-state index contributed by atoms with van der Waals surface area (Å²) in [7, 11) is 0. The molecule has 0 atom stereocenters. The summed E-state index contributed by atoms with van der Waals surface area (Å²) in [6.45, 7) is 2.85. The first-order valence-electron chi connectivity index (χ1n) is 9.79. The Kier molecular flexibility index (Phi) is 5.19. The number of halogens is 1. The normalized spacial score (nSPS) is 14.0. The lowest BCUT2D eigenvalue weighted by molar-refractivity contribution is 0.122. The minimum absolute atomic E-state index is 0.201. The Labute approximate surface area is 183 Å². The van der Waals surface area contributed by atoms with Crippen molar-refractivity contribution in [1.82, 2.24) is 20.2 Å². The number of rotatable bonds is 5. The number of nitrogens with two attached hydrogens (primary N) is 1. The summed E-state index contributed by atoms with van der Waals surface area (Å²) in [5.41, 5.74) is 7.62. The van der Waals surface area contributed by atoms with Gasteiger partial charge in [0.15, 0.2) is 0 Å². The third kappa shape index (κ3) is 4.32. The van der Waals surface area contributed by atoms with Crippen LogP contribution in [-0.2, 0) is 4.74 Å². The molecular weight excluding hydrogens is 418 g/mol. The first kappa shape index (κ1) is 19.4. The molecule has 2 aromatic heterocycles. The number of H-pyrrole nitrogens is 1. The number of nitrogens with one attached hydrogen (secondary N) is 2. The van der Waals surface area contributed by atoms with Crippen LogP contribution in [0.3, 0.4) is 0 Å². The fourth-order valence-corrected chi connectivity index (χ4v) is 3.61. The molecule has 31 heavy (non-hydrogen) atoms. The number of morpholine rings is 1. The van der Waals surface area contributed by atoms with Crippen molar-refractivity contribution in [2.45, 2.75) is 0 Å². The lowest BCUT2D eigenvalue weighted by Crippen LogP contribution is -2.36. The van der Waals surface area contributed by atoms with E-state index in [1.54, 1.807) is 18.3 Å². The van der Waals surface area contributed by atoms with Crippen molar-refractivity contribution in [1.29, 1.82) is 0 Å². The molecule has 1 saturated heterocycles. The van der Waals surface area contributed by atoms with E-state index in [0.717, 1.165) is 35.5 Å². The summed E-state index contributed by atoms with van der Waals surface area (Å²) >= 11 is 6.46. The number of aromatic nitrogens is 4. The van der Waals surface area contributed by atoms with Crippen molar-refractivity contribution in [3.8, 4) is 11.5 Å². The molecule has 1 aliphatic heterocycles. The van der Waals surface area contributed by atoms with Gasteiger partial charge in [-0.05, 0) is 36.4 Å². The second kappa shape index (κ2) is 8.29. The van der Waals surface area contributed by atoms with E-state index in [4.69, 9.17) is 26.8 Å². The molecule has 1 aliphatic rings. The molecule has 0 unspecified atom stereocenters. The van der Waals surface area contributed by atoms with Crippen LogP contribution >= 0.6 is 11.6 Å². The average Bonchev–Trinajstić information content (AvgIpc) is 3.24. The molecule has 0 bridgehead atoms. The van der Waals surface area contributed by atoms with Crippen LogP contribution < -0.4 is 20.7 Å². The lowest BCUT2D eigenvalue weighted by atomic mass is 10.2. The number of anilines is 4. The maximum Gasteiger partial charge on any atom is 0.223 e. The van der Waals surface area contributed by atoms with Gasteiger partial charge in [0.25, 0.3) is 0 Å². The molecule has 10 heteroatoms. The van der Waals surface area contributed by atoms with Gasteiger partial charge >= 0.3 is 0 Å². The number of fused-ring (bicyclic) bond motifs is 1. The fourth-order valence-electron chi connectivity index (χ4n) is 3.39. The van der Waals surface area contributed by atoms with Crippen molar-refractivity contribution in [3.63, 3.8) is 0 Å². The minimum Gasteiger partial charge on any atom is -0.456 e. The third-order valence-corrected chi connectivity index (χ3v) is 5.20. The Balaban J connectivity index is 1.33. The zero-order valence-electron chi connectivity index (χ0n) is 16.5. The summed E-state index contributed by atoms with van der Waals surface area (Å²) in [4.78, 5) is 10.7. The van der Waals surface area contributed by atoms with Gasteiger partial charge in [-0.25, -0.2) is 0 Å². The van der Waals surface area contributed by atoms with Gasteiger partial charge < -0.3 is 25.4 Å². The van der Waals surface area contributed by atoms with Gasteiger partial charge in [-0.2, -0.15) is 15.1 Å². The Morgan fingerprint density at radius 2 is 1.97 bits per heavy atom. The molecule has 0 saturated carbocycles. The van der Waals surface area contributed by atoms with Gasteiger partial charge in [0, 0.05) is 30.2 Å². The molecule has 9 nitrogen and oxygen atoms in total. The van der Waals surface area contributed by atoms with Gasteiger partial charge in [-0.3, -0.25) is 5.10 Å². The molecule has 5 rings (SSSR count). The van der Waals surface area contributed by atoms with Crippen molar-refractivity contribution < 1.29 is 9.47 Å². The van der Waals surface area contributed by atoms with Crippen LogP contribution in [-0.4, -0.2) is 46.5 Å². The number of hydrogen-bond donors (Lipinski definition) is 3. The number of ether oxygens (including phenoxy) is 2. The standard InChI is InChI=1S/C21H20ClN7O2/c22-16-10-14(1-4-18(16)31-15-2-3-17-13(9-15)12-24-28-17)25-19-11-20(27-21(23)26-19)29-5-7-30-8-6-29/h1-4,9-12H,5-8H2,(H,24,28)(H3,23,25,26,27). The second-order valence-electron chi connectivity index (χ2n) is 7.06. The van der Waals surface area contributed by atoms with E-state index in [0.29, 0.717) is 35.6 Å². The predicted octanol–water partition coefficient (Wildman–Crippen LogP) is 3.96. The molecule has 4 N–H and O–H groups in total. The molecule has 158 valence electrons. The smallest absolute Gasteiger partial charge is 0.223 e. The van der Waals surface area contributed by atoms with Gasteiger partial charge in [-0.15, -0.1) is 0 Å². The summed E-state index contributed by atoms with van der Waals surface area (Å²) in [5, 5.41) is 11.6. The maximum absolute atomic E-state index is 6.46. The third-order valence-electron chi connectivity index (χ3n) is 4.91. The van der Waals surface area contributed by atoms with Gasteiger partial charge in [-0.1, -0.05) is 11.6 Å². The lowest BCUT2D eigenvalue weighted by Gasteiger charge is -2.28. The van der Waals surface area contributed by atoms with Crippen LogP contribution in [0.2, 0.25) is 5.02 Å². The van der Waals surface area contributed by atoms with E-state index in [2.05, 4.69) is 30.4 Å². The molecule has 2 aromatic carbocycles. The van der Waals surface area contributed by atoms with Gasteiger partial charge in [0.1, 0.15) is 23.1 Å². The number of hydrogen-bond acceptors (Lipinski definition) is 8. The van der Waals surface area contributed by atoms with E-state index < -0.39 is 0 Å². The van der Waals surface area contributed by atoms with Crippen LogP contribution in [0.15, 0.2) is 48.7 Å². The Hall–Kier alpha value is -3.56. The first-order chi connectivity index (χ1) is 15.1. The van der Waals surface area contributed by atoms with E-state index >= 15 is 0 Å². The highest BCUT2D eigenvalue weighted by Gasteiger charge is 2.15. The second-order valence-corrected chi connectivity index (χ2v) is 7.47. The molecule has 4 aromatic rings. The van der Waals surface area contributed by atoms with E-state index in [9.17, 15) is 0 Å². The predicted molar refractivity (Wildman–Crippen MR) is 120 cm³/mol. The van der Waals surface area contributed by atoms with Crippen LogP contribution in [0.5, 0.6) is 11.5 Å². The molecule has 0 radical (unpaired) electrons. The summed E-state index contributed by atoms with van der Waals surface area (Å²) < 4.78 is 11.3. The first-order valence-corrected chi connectivity index (χ1v) is 10.2. The molecular formula is C21H20ClN7O2. The Morgan fingerprint density at radius 3 is 2.81 bits per heavy atom. The Morgan fingerprint density at radius 1 is 1.10 bits per heavy atom. The van der Waals surface area contributed by atoms with E-state index in [-0.39, 0.29) is 5.95 Å². The SMILES string of the molecule is Nc1nc(Nc2ccc(Oc3ccc4[nH]ncc4c3)c(Cl)c2)cc(N2CCOCC2)n1. The highest BCUT2D eigenvalue weighted by molar-refractivity contribution is 6.32. The van der Waals surface area contributed by atoms with Crippen LogP contribution in [0.4, 0.5) is 23.3 Å². The molecule has 3 heterocycles. The number of nitrogens with zero attached hydrogens (tertiary/aromatic N) is 4. The summed E-state index contributed by atoms with van der Waals surface area (Å²) in [5.74, 6) is 2.77. The van der Waals surface area contributed by atoms with Crippen molar-refractivity contribution in [2.24, 2.45) is 0 Å². The van der Waals surface area contributed by atoms with Crippen molar-refractivity contribution >= 4 is 45.8 Å². The molecule has 1 fully saturated rings. The average molecular weight is 438 g/mol. The monoisotopic (exact) mass is 437 g/mol. The van der Waals surface area contributed by atoms with Crippen molar-refractivity contribution in [3.05, 3.63) is 53.7 Å². The topological polar surface area (TPSA) is 114 Å². The van der Waals surface area contributed by atoms with Gasteiger partial charge in [0.05, 0.1) is 29.9 Å². The largest absolute Gasteiger partial charge is 0.456 e. The summed E-state index contributed by atoms with van der Waals surface area (Å²) in [6.07, 6.45) is 1.75. The summed E-state index contributed by atoms with van der Waals surface area (Å²) in [6, 6.07) is 13.0. The zero-order chi connectivity index (χ0) is 21.2. The maximum atomic E-state index is 6.46. The number of aromatic amines is 1.